The van der Waals surface area contributed by atoms with Gasteiger partial charge in [0.15, 0.2) is 0 Å². The maximum atomic E-state index is 13.1. The summed E-state index contributed by atoms with van der Waals surface area (Å²) in [5.74, 6) is -0.401. The summed E-state index contributed by atoms with van der Waals surface area (Å²) >= 11 is 1.33. The predicted octanol–water partition coefficient (Wildman–Crippen LogP) is 3.71. The Morgan fingerprint density at radius 2 is 2.11 bits per heavy atom. The highest BCUT2D eigenvalue weighted by molar-refractivity contribution is 7.21. The van der Waals surface area contributed by atoms with E-state index in [1.165, 1.54) is 23.5 Å². The van der Waals surface area contributed by atoms with Gasteiger partial charge >= 0.3 is 0 Å². The Bertz CT molecular complexity index is 986. The van der Waals surface area contributed by atoms with Crippen LogP contribution in [-0.2, 0) is 6.54 Å². The van der Waals surface area contributed by atoms with E-state index in [1.54, 1.807) is 7.05 Å². The molecule has 3 heterocycles. The number of likely N-dealkylation sites (tertiary alicyclic amines) is 1. The standard InChI is InChI=1S/C20H21FN4OS/c1-23-19(26)18-17(22)14-8-9-15(24-20(14)27-18)16-3-2-10-25(16)11-12-4-6-13(21)7-5-12/h4-9,16H,2-3,10-11,22H2,1H3,(H,23,26). The molecule has 5 nitrogen and oxygen atoms in total. The maximum Gasteiger partial charge on any atom is 0.263 e. The quantitative estimate of drug-likeness (QED) is 0.719. The van der Waals surface area contributed by atoms with Crippen molar-refractivity contribution in [3.05, 3.63) is 58.3 Å². The molecule has 0 spiro atoms. The number of aromatic nitrogens is 1. The third-order valence-electron chi connectivity index (χ3n) is 5.05. The van der Waals surface area contributed by atoms with Crippen LogP contribution in [0.4, 0.5) is 10.1 Å². The number of hydrogen-bond acceptors (Lipinski definition) is 5. The molecule has 3 N–H and O–H groups in total. The van der Waals surface area contributed by atoms with Crippen LogP contribution >= 0.6 is 11.3 Å². The number of benzene rings is 1. The first-order valence-corrected chi connectivity index (χ1v) is 9.78. The summed E-state index contributed by atoms with van der Waals surface area (Å²) in [6, 6.07) is 10.8. The largest absolute Gasteiger partial charge is 0.397 e. The lowest BCUT2D eigenvalue weighted by Gasteiger charge is -2.24. The number of fused-ring (bicyclic) bond motifs is 1. The van der Waals surface area contributed by atoms with Gasteiger partial charge in [0, 0.05) is 19.0 Å². The Labute approximate surface area is 161 Å². The SMILES string of the molecule is CNC(=O)c1sc2nc(C3CCCN3Cc3ccc(F)cc3)ccc2c1N. The molecular formula is C20H21FN4OS. The lowest BCUT2D eigenvalue weighted by Crippen LogP contribution is -2.23. The minimum Gasteiger partial charge on any atom is -0.397 e. The maximum absolute atomic E-state index is 13.1. The molecule has 3 aromatic rings. The molecule has 0 saturated carbocycles. The average Bonchev–Trinajstić information content (AvgIpc) is 3.27. The molecule has 1 unspecified atom stereocenters. The molecule has 2 aromatic heterocycles. The minimum atomic E-state index is -0.217. The normalized spacial score (nSPS) is 17.5. The summed E-state index contributed by atoms with van der Waals surface area (Å²) in [7, 11) is 1.59. The van der Waals surface area contributed by atoms with Crippen molar-refractivity contribution in [2.45, 2.75) is 25.4 Å². The number of nitrogen functional groups attached to an aromatic ring is 1. The van der Waals surface area contributed by atoms with Crippen LogP contribution in [0.5, 0.6) is 0 Å². The van der Waals surface area contributed by atoms with Gasteiger partial charge in [0.05, 0.1) is 17.4 Å². The fourth-order valence-corrected chi connectivity index (χ4v) is 4.70. The lowest BCUT2D eigenvalue weighted by molar-refractivity contribution is 0.0968. The summed E-state index contributed by atoms with van der Waals surface area (Å²) in [5, 5.41) is 3.44. The lowest BCUT2D eigenvalue weighted by atomic mass is 10.1. The topological polar surface area (TPSA) is 71.2 Å². The van der Waals surface area contributed by atoms with E-state index in [0.717, 1.165) is 47.4 Å². The number of nitrogens with two attached hydrogens (primary N) is 1. The number of pyridine rings is 1. The molecule has 7 heteroatoms. The molecule has 0 bridgehead atoms. The molecule has 1 aliphatic rings. The molecular weight excluding hydrogens is 363 g/mol. The van der Waals surface area contributed by atoms with Crippen LogP contribution in [0.1, 0.15) is 39.8 Å². The predicted molar refractivity (Wildman–Crippen MR) is 106 cm³/mol. The van der Waals surface area contributed by atoms with Gasteiger partial charge < -0.3 is 11.1 Å². The average molecular weight is 384 g/mol. The Kier molecular flexibility index (Phi) is 4.80. The number of nitrogens with one attached hydrogen (secondary N) is 1. The molecule has 1 fully saturated rings. The van der Waals surface area contributed by atoms with Crippen LogP contribution < -0.4 is 11.1 Å². The molecule has 1 atom stereocenters. The number of amides is 1. The zero-order chi connectivity index (χ0) is 19.0. The number of carbonyl (C=O) groups excluding carboxylic acids is 1. The summed E-state index contributed by atoms with van der Waals surface area (Å²) in [5.41, 5.74) is 8.70. The van der Waals surface area contributed by atoms with Gasteiger partial charge in [0.1, 0.15) is 15.5 Å². The Morgan fingerprint density at radius 3 is 2.85 bits per heavy atom. The minimum absolute atomic E-state index is 0.184. The first-order chi connectivity index (χ1) is 13.1. The summed E-state index contributed by atoms with van der Waals surface area (Å²) in [6.45, 7) is 1.75. The third kappa shape index (κ3) is 3.40. The van der Waals surface area contributed by atoms with Gasteiger partial charge in [-0.3, -0.25) is 9.69 Å². The van der Waals surface area contributed by atoms with E-state index < -0.39 is 0 Å². The van der Waals surface area contributed by atoms with E-state index >= 15 is 0 Å². The highest BCUT2D eigenvalue weighted by Gasteiger charge is 2.28. The summed E-state index contributed by atoms with van der Waals surface area (Å²) < 4.78 is 13.1. The van der Waals surface area contributed by atoms with Gasteiger partial charge in [-0.25, -0.2) is 9.37 Å². The second kappa shape index (κ2) is 7.25. The number of nitrogens with zero attached hydrogens (tertiary/aromatic N) is 2. The number of thiophene rings is 1. The second-order valence-electron chi connectivity index (χ2n) is 6.77. The zero-order valence-corrected chi connectivity index (χ0v) is 15.9. The Hall–Kier alpha value is -2.51. The van der Waals surface area contributed by atoms with Crippen molar-refractivity contribution in [1.82, 2.24) is 15.2 Å². The second-order valence-corrected chi connectivity index (χ2v) is 7.77. The van der Waals surface area contributed by atoms with Crippen LogP contribution in [0.15, 0.2) is 36.4 Å². The highest BCUT2D eigenvalue weighted by atomic mass is 32.1. The van der Waals surface area contributed by atoms with Crippen molar-refractivity contribution in [2.75, 3.05) is 19.3 Å². The van der Waals surface area contributed by atoms with E-state index in [4.69, 9.17) is 10.7 Å². The van der Waals surface area contributed by atoms with Crippen LogP contribution in [0.25, 0.3) is 10.2 Å². The van der Waals surface area contributed by atoms with Gasteiger partial charge in [-0.1, -0.05) is 12.1 Å². The van der Waals surface area contributed by atoms with Crippen LogP contribution in [0.2, 0.25) is 0 Å². The first-order valence-electron chi connectivity index (χ1n) is 8.96. The van der Waals surface area contributed by atoms with E-state index in [2.05, 4.69) is 10.2 Å². The molecule has 1 aromatic carbocycles. The summed E-state index contributed by atoms with van der Waals surface area (Å²) in [4.78, 5) is 20.5. The fourth-order valence-electron chi connectivity index (χ4n) is 3.65. The van der Waals surface area contributed by atoms with Crippen molar-refractivity contribution in [1.29, 1.82) is 0 Å². The van der Waals surface area contributed by atoms with Crippen molar-refractivity contribution < 1.29 is 9.18 Å². The number of halogens is 1. The third-order valence-corrected chi connectivity index (χ3v) is 6.17. The molecule has 140 valence electrons. The van der Waals surface area contributed by atoms with Crippen LogP contribution in [-0.4, -0.2) is 29.4 Å². The number of carbonyl (C=O) groups is 1. The van der Waals surface area contributed by atoms with Gasteiger partial charge in [-0.2, -0.15) is 0 Å². The molecule has 27 heavy (non-hydrogen) atoms. The van der Waals surface area contributed by atoms with Crippen molar-refractivity contribution in [3.63, 3.8) is 0 Å². The molecule has 4 rings (SSSR count). The van der Waals surface area contributed by atoms with E-state index in [9.17, 15) is 9.18 Å². The highest BCUT2D eigenvalue weighted by Crippen LogP contribution is 2.37. The number of rotatable bonds is 4. The van der Waals surface area contributed by atoms with Crippen LogP contribution in [0, 0.1) is 5.82 Å². The number of anilines is 1. The molecule has 1 saturated heterocycles. The van der Waals surface area contributed by atoms with Gasteiger partial charge in [0.25, 0.3) is 5.91 Å². The van der Waals surface area contributed by atoms with Gasteiger partial charge in [-0.15, -0.1) is 11.3 Å². The van der Waals surface area contributed by atoms with E-state index in [-0.39, 0.29) is 17.8 Å². The van der Waals surface area contributed by atoms with Crippen molar-refractivity contribution in [2.24, 2.45) is 0 Å². The van der Waals surface area contributed by atoms with E-state index in [0.29, 0.717) is 10.6 Å². The molecule has 1 aliphatic heterocycles. The Balaban J connectivity index is 1.62. The first kappa shape index (κ1) is 17.9. The smallest absolute Gasteiger partial charge is 0.263 e. The van der Waals surface area contributed by atoms with E-state index in [1.807, 2.05) is 24.3 Å². The van der Waals surface area contributed by atoms with Gasteiger partial charge in [-0.05, 0) is 49.2 Å². The monoisotopic (exact) mass is 384 g/mol. The summed E-state index contributed by atoms with van der Waals surface area (Å²) in [6.07, 6.45) is 2.13. The fraction of sp³-hybridized carbons (Fsp3) is 0.300. The molecule has 0 aliphatic carbocycles. The van der Waals surface area contributed by atoms with Crippen molar-refractivity contribution >= 4 is 33.1 Å². The van der Waals surface area contributed by atoms with Crippen LogP contribution in [0.3, 0.4) is 0 Å². The molecule has 1 amide bonds. The number of hydrogen-bond donors (Lipinski definition) is 2. The van der Waals surface area contributed by atoms with Gasteiger partial charge in [0.2, 0.25) is 0 Å². The Morgan fingerprint density at radius 1 is 1.33 bits per heavy atom. The zero-order valence-electron chi connectivity index (χ0n) is 15.0. The molecule has 0 radical (unpaired) electrons. The van der Waals surface area contributed by atoms with Crippen molar-refractivity contribution in [3.8, 4) is 0 Å².